The molecule has 5 heteroatoms. The lowest BCUT2D eigenvalue weighted by Crippen LogP contribution is -2.34. The van der Waals surface area contributed by atoms with Crippen LogP contribution in [0.5, 0.6) is 5.75 Å². The van der Waals surface area contributed by atoms with Crippen LogP contribution in [0, 0.1) is 20.8 Å². The Kier molecular flexibility index (Phi) is 5.65. The Morgan fingerprint density at radius 3 is 2.54 bits per heavy atom. The molecule has 1 heterocycles. The topological polar surface area (TPSA) is 47.4 Å². The molecule has 0 saturated heterocycles. The van der Waals surface area contributed by atoms with Crippen molar-refractivity contribution in [3.8, 4) is 5.75 Å². The van der Waals surface area contributed by atoms with E-state index in [4.69, 9.17) is 4.74 Å². The van der Waals surface area contributed by atoms with Crippen LogP contribution in [0.1, 0.15) is 35.4 Å². The first-order valence-electron chi connectivity index (χ1n) is 8.26. The number of amides is 1. The van der Waals surface area contributed by atoms with E-state index >= 15 is 0 Å². The number of likely N-dealkylation sites (N-methyl/N-ethyl adjacent to an activating group) is 1. The van der Waals surface area contributed by atoms with E-state index in [9.17, 15) is 4.79 Å². The number of para-hydroxylation sites is 1. The summed E-state index contributed by atoms with van der Waals surface area (Å²) in [6.45, 7) is 8.94. The largest absolute Gasteiger partial charge is 0.491 e. The molecule has 1 aromatic heterocycles. The highest BCUT2D eigenvalue weighted by Gasteiger charge is 2.25. The Morgan fingerprint density at radius 2 is 1.96 bits per heavy atom. The summed E-state index contributed by atoms with van der Waals surface area (Å²) in [6, 6.07) is 7.90. The normalized spacial score (nSPS) is 12.1. The highest BCUT2D eigenvalue weighted by atomic mass is 16.5. The zero-order chi connectivity index (χ0) is 17.9. The Morgan fingerprint density at radius 1 is 1.29 bits per heavy atom. The summed E-state index contributed by atoms with van der Waals surface area (Å²) in [4.78, 5) is 14.4. The van der Waals surface area contributed by atoms with Crippen molar-refractivity contribution in [2.75, 3.05) is 20.2 Å². The molecule has 0 aliphatic rings. The maximum absolute atomic E-state index is 12.7. The lowest BCUT2D eigenvalue weighted by molar-refractivity contribution is -0.131. The Bertz CT molecular complexity index is 721. The van der Waals surface area contributed by atoms with Crippen molar-refractivity contribution in [1.29, 1.82) is 0 Å². The van der Waals surface area contributed by atoms with Gasteiger partial charge in [-0.25, -0.2) is 0 Å². The molecule has 1 unspecified atom stereocenters. The van der Waals surface area contributed by atoms with E-state index in [-0.39, 0.29) is 11.8 Å². The number of carbonyl (C=O) groups excluding carboxylic acids is 1. The third kappa shape index (κ3) is 3.78. The van der Waals surface area contributed by atoms with Gasteiger partial charge in [-0.15, -0.1) is 0 Å². The second kappa shape index (κ2) is 7.51. The van der Waals surface area contributed by atoms with E-state index < -0.39 is 0 Å². The highest BCUT2D eigenvalue weighted by Crippen LogP contribution is 2.24. The molecular weight excluding hydrogens is 302 g/mol. The molecular formula is C19H27N3O2. The minimum atomic E-state index is -0.206. The van der Waals surface area contributed by atoms with Crippen molar-refractivity contribution in [3.63, 3.8) is 0 Å². The lowest BCUT2D eigenvalue weighted by Gasteiger charge is -2.22. The molecule has 0 bridgehead atoms. The van der Waals surface area contributed by atoms with Gasteiger partial charge in [-0.2, -0.15) is 5.10 Å². The van der Waals surface area contributed by atoms with E-state index in [0.29, 0.717) is 13.2 Å². The fraction of sp³-hybridized carbons (Fsp3) is 0.474. The van der Waals surface area contributed by atoms with Gasteiger partial charge in [-0.1, -0.05) is 18.2 Å². The van der Waals surface area contributed by atoms with Gasteiger partial charge in [0.1, 0.15) is 12.4 Å². The monoisotopic (exact) mass is 329 g/mol. The van der Waals surface area contributed by atoms with Gasteiger partial charge in [0.05, 0.1) is 18.2 Å². The van der Waals surface area contributed by atoms with Gasteiger partial charge in [0, 0.05) is 25.4 Å². The van der Waals surface area contributed by atoms with Crippen LogP contribution in [0.25, 0.3) is 0 Å². The van der Waals surface area contributed by atoms with E-state index in [1.54, 1.807) is 4.90 Å². The van der Waals surface area contributed by atoms with Crippen LogP contribution >= 0.6 is 0 Å². The van der Waals surface area contributed by atoms with E-state index in [0.717, 1.165) is 28.3 Å². The maximum atomic E-state index is 12.7. The SMILES string of the molecule is Cc1ccccc1OCCN(C)C(=O)C(C)c1c(C)nn(C)c1C. The van der Waals surface area contributed by atoms with Crippen molar-refractivity contribution in [2.45, 2.75) is 33.6 Å². The summed E-state index contributed by atoms with van der Waals surface area (Å²) in [5, 5.41) is 4.41. The first-order valence-corrected chi connectivity index (χ1v) is 8.26. The minimum absolute atomic E-state index is 0.0857. The average Bonchev–Trinajstić information content (AvgIpc) is 2.80. The molecule has 5 nitrogen and oxygen atoms in total. The first-order chi connectivity index (χ1) is 11.3. The van der Waals surface area contributed by atoms with Gasteiger partial charge in [-0.3, -0.25) is 9.48 Å². The Balaban J connectivity index is 1.95. The van der Waals surface area contributed by atoms with Crippen molar-refractivity contribution in [3.05, 3.63) is 46.8 Å². The van der Waals surface area contributed by atoms with E-state index in [1.807, 2.05) is 70.7 Å². The molecule has 0 spiro atoms. The smallest absolute Gasteiger partial charge is 0.229 e. The zero-order valence-corrected chi connectivity index (χ0v) is 15.5. The molecule has 1 amide bonds. The summed E-state index contributed by atoms with van der Waals surface area (Å²) in [5.41, 5.74) is 4.08. The van der Waals surface area contributed by atoms with Crippen molar-refractivity contribution >= 4 is 5.91 Å². The molecule has 1 atom stereocenters. The summed E-state index contributed by atoms with van der Waals surface area (Å²) in [7, 11) is 3.73. The number of hydrogen-bond acceptors (Lipinski definition) is 3. The predicted molar refractivity (Wildman–Crippen MR) is 95.4 cm³/mol. The number of aromatic nitrogens is 2. The van der Waals surface area contributed by atoms with E-state index in [2.05, 4.69) is 5.10 Å². The fourth-order valence-electron chi connectivity index (χ4n) is 2.99. The van der Waals surface area contributed by atoms with Crippen LogP contribution in [-0.2, 0) is 11.8 Å². The van der Waals surface area contributed by atoms with Crippen LogP contribution < -0.4 is 4.74 Å². The van der Waals surface area contributed by atoms with Gasteiger partial charge in [0.25, 0.3) is 0 Å². The number of rotatable bonds is 6. The highest BCUT2D eigenvalue weighted by molar-refractivity contribution is 5.83. The van der Waals surface area contributed by atoms with Crippen LogP contribution in [0.4, 0.5) is 0 Å². The number of aryl methyl sites for hydroxylation is 3. The molecule has 2 rings (SSSR count). The first kappa shape index (κ1) is 18.0. The number of carbonyl (C=O) groups is 1. The molecule has 0 radical (unpaired) electrons. The van der Waals surface area contributed by atoms with E-state index in [1.165, 1.54) is 0 Å². The van der Waals surface area contributed by atoms with Crippen molar-refractivity contribution < 1.29 is 9.53 Å². The Hall–Kier alpha value is -2.30. The molecule has 0 saturated carbocycles. The average molecular weight is 329 g/mol. The number of ether oxygens (including phenoxy) is 1. The molecule has 0 N–H and O–H groups in total. The predicted octanol–water partition coefficient (Wildman–Crippen LogP) is 2.99. The number of hydrogen-bond donors (Lipinski definition) is 0. The summed E-state index contributed by atoms with van der Waals surface area (Å²) >= 11 is 0. The second-order valence-electron chi connectivity index (χ2n) is 6.30. The molecule has 24 heavy (non-hydrogen) atoms. The molecule has 1 aromatic carbocycles. The van der Waals surface area contributed by atoms with Gasteiger partial charge < -0.3 is 9.64 Å². The molecule has 130 valence electrons. The van der Waals surface area contributed by atoms with Crippen LogP contribution in [0.15, 0.2) is 24.3 Å². The molecule has 0 fully saturated rings. The lowest BCUT2D eigenvalue weighted by atomic mass is 9.98. The number of benzene rings is 1. The van der Waals surface area contributed by atoms with Crippen LogP contribution in [0.3, 0.4) is 0 Å². The summed E-state index contributed by atoms with van der Waals surface area (Å²) in [6.07, 6.45) is 0. The zero-order valence-electron chi connectivity index (χ0n) is 15.5. The van der Waals surface area contributed by atoms with Crippen LogP contribution in [0.2, 0.25) is 0 Å². The van der Waals surface area contributed by atoms with Gasteiger partial charge >= 0.3 is 0 Å². The van der Waals surface area contributed by atoms with Crippen molar-refractivity contribution in [1.82, 2.24) is 14.7 Å². The van der Waals surface area contributed by atoms with Crippen LogP contribution in [-0.4, -0.2) is 40.8 Å². The summed E-state index contributed by atoms with van der Waals surface area (Å²) in [5.74, 6) is 0.745. The maximum Gasteiger partial charge on any atom is 0.229 e. The molecule has 0 aliphatic heterocycles. The second-order valence-corrected chi connectivity index (χ2v) is 6.30. The van der Waals surface area contributed by atoms with Gasteiger partial charge in [-0.05, 0) is 39.3 Å². The fourth-order valence-corrected chi connectivity index (χ4v) is 2.99. The van der Waals surface area contributed by atoms with Crippen molar-refractivity contribution in [2.24, 2.45) is 7.05 Å². The quantitative estimate of drug-likeness (QED) is 0.818. The third-order valence-electron chi connectivity index (χ3n) is 4.52. The summed E-state index contributed by atoms with van der Waals surface area (Å²) < 4.78 is 7.61. The minimum Gasteiger partial charge on any atom is -0.491 e. The van der Waals surface area contributed by atoms with Gasteiger partial charge in [0.2, 0.25) is 5.91 Å². The molecule has 2 aromatic rings. The third-order valence-corrected chi connectivity index (χ3v) is 4.52. The standard InChI is InChI=1S/C19H27N3O2/c1-13-9-7-8-10-17(13)24-12-11-21(5)19(23)14(2)18-15(3)20-22(6)16(18)4/h7-10,14H,11-12H2,1-6H3. The Labute approximate surface area is 144 Å². The molecule has 0 aliphatic carbocycles. The van der Waals surface area contributed by atoms with Gasteiger partial charge in [0.15, 0.2) is 0 Å². The number of nitrogens with zero attached hydrogens (tertiary/aromatic N) is 3.